The van der Waals surface area contributed by atoms with Crippen LogP contribution in [0.2, 0.25) is 0 Å². The van der Waals surface area contributed by atoms with E-state index in [0.29, 0.717) is 18.1 Å². The van der Waals surface area contributed by atoms with Crippen LogP contribution in [0.1, 0.15) is 10.5 Å². The van der Waals surface area contributed by atoms with Crippen LogP contribution in [0.4, 0.5) is 5.82 Å². The van der Waals surface area contributed by atoms with E-state index in [9.17, 15) is 13.2 Å². The van der Waals surface area contributed by atoms with Crippen LogP contribution in [0.15, 0.2) is 12.1 Å². The maximum Gasteiger partial charge on any atom is 0.275 e. The predicted molar refractivity (Wildman–Crippen MR) is 78.6 cm³/mol. The summed E-state index contributed by atoms with van der Waals surface area (Å²) in [4.78, 5) is 13.8. The molecule has 0 radical (unpaired) electrons. The molecule has 110 valence electrons. The normalized spacial score (nSPS) is 19.7. The number of carbonyl (C=O) groups excluding carboxylic acids is 1. The van der Waals surface area contributed by atoms with Crippen LogP contribution in [-0.4, -0.2) is 66.2 Å². The van der Waals surface area contributed by atoms with Crippen molar-refractivity contribution in [1.82, 2.24) is 15.1 Å². The Morgan fingerprint density at radius 1 is 1.45 bits per heavy atom. The summed E-state index contributed by atoms with van der Waals surface area (Å²) in [5.74, 6) is 1.28. The van der Waals surface area contributed by atoms with Gasteiger partial charge >= 0.3 is 0 Å². The lowest BCUT2D eigenvalue weighted by Crippen LogP contribution is -2.50. The number of rotatable bonds is 3. The zero-order valence-electron chi connectivity index (χ0n) is 11.2. The molecule has 1 fully saturated rings. The molecule has 1 aliphatic rings. The number of amides is 1. The fraction of sp³-hybridized carbons (Fsp3) is 0.545. The lowest BCUT2D eigenvalue weighted by Gasteiger charge is -2.33. The number of thioether (sulfide) groups is 1. The standard InChI is InChI=1S/C11H16N4O3S2/c1-12-9-4-3-8(13-14-9)11(16)15-5-6-19-7-10(15)20(2,17)18/h3-4,10H,5-7H2,1-2H3,(H,12,14). The molecule has 1 aromatic heterocycles. The summed E-state index contributed by atoms with van der Waals surface area (Å²) in [6.45, 7) is 0.399. The zero-order valence-corrected chi connectivity index (χ0v) is 12.9. The van der Waals surface area contributed by atoms with Crippen molar-refractivity contribution in [1.29, 1.82) is 0 Å². The number of nitrogens with one attached hydrogen (secondary N) is 1. The van der Waals surface area contributed by atoms with Crippen molar-refractivity contribution >= 4 is 33.3 Å². The van der Waals surface area contributed by atoms with Gasteiger partial charge in [-0.15, -0.1) is 10.2 Å². The number of nitrogens with zero attached hydrogens (tertiary/aromatic N) is 3. The van der Waals surface area contributed by atoms with Crippen molar-refractivity contribution < 1.29 is 13.2 Å². The summed E-state index contributed by atoms with van der Waals surface area (Å²) in [5.41, 5.74) is 0.157. The van der Waals surface area contributed by atoms with Crippen molar-refractivity contribution in [2.45, 2.75) is 5.37 Å². The maximum atomic E-state index is 12.4. The number of sulfone groups is 1. The molecule has 0 aromatic carbocycles. The van der Waals surface area contributed by atoms with Gasteiger partial charge in [-0.2, -0.15) is 11.8 Å². The minimum absolute atomic E-state index is 0.157. The minimum Gasteiger partial charge on any atom is -0.372 e. The first-order valence-corrected chi connectivity index (χ1v) is 9.13. The molecule has 0 saturated carbocycles. The van der Waals surface area contributed by atoms with Crippen molar-refractivity contribution in [3.05, 3.63) is 17.8 Å². The Morgan fingerprint density at radius 2 is 2.20 bits per heavy atom. The van der Waals surface area contributed by atoms with Crippen LogP contribution < -0.4 is 5.32 Å². The highest BCUT2D eigenvalue weighted by molar-refractivity contribution is 8.00. The largest absolute Gasteiger partial charge is 0.372 e. The van der Waals surface area contributed by atoms with E-state index in [0.717, 1.165) is 12.0 Å². The van der Waals surface area contributed by atoms with E-state index in [4.69, 9.17) is 0 Å². The zero-order chi connectivity index (χ0) is 14.8. The molecule has 1 atom stereocenters. The van der Waals surface area contributed by atoms with Gasteiger partial charge in [0, 0.05) is 31.4 Å². The molecule has 0 bridgehead atoms. The average Bonchev–Trinajstić information content (AvgIpc) is 2.46. The number of aromatic nitrogens is 2. The molecule has 2 heterocycles. The second-order valence-corrected chi connectivity index (χ2v) is 7.76. The SMILES string of the molecule is CNc1ccc(C(=O)N2CCSCC2S(C)(=O)=O)nn1. The Balaban J connectivity index is 2.25. The number of hydrogen-bond donors (Lipinski definition) is 1. The Bertz CT molecular complexity index is 588. The monoisotopic (exact) mass is 316 g/mol. The summed E-state index contributed by atoms with van der Waals surface area (Å²) >= 11 is 1.53. The first kappa shape index (κ1) is 15.0. The number of carbonyl (C=O) groups is 1. The fourth-order valence-corrected chi connectivity index (χ4v) is 4.71. The summed E-state index contributed by atoms with van der Waals surface area (Å²) < 4.78 is 23.6. The van der Waals surface area contributed by atoms with Gasteiger partial charge in [0.2, 0.25) is 0 Å². The third-order valence-corrected chi connectivity index (χ3v) is 5.62. The second-order valence-electron chi connectivity index (χ2n) is 4.41. The number of hydrogen-bond acceptors (Lipinski definition) is 7. The molecule has 1 aliphatic heterocycles. The van der Waals surface area contributed by atoms with E-state index in [1.54, 1.807) is 19.2 Å². The fourth-order valence-electron chi connectivity index (χ4n) is 1.89. The lowest BCUT2D eigenvalue weighted by atomic mass is 10.3. The lowest BCUT2D eigenvalue weighted by molar-refractivity contribution is 0.0742. The van der Waals surface area contributed by atoms with Gasteiger partial charge in [-0.3, -0.25) is 4.79 Å². The molecule has 0 spiro atoms. The molecule has 1 amide bonds. The highest BCUT2D eigenvalue weighted by Crippen LogP contribution is 2.22. The Hall–Kier alpha value is -1.35. The van der Waals surface area contributed by atoms with Gasteiger partial charge in [-0.25, -0.2) is 8.42 Å². The van der Waals surface area contributed by atoms with Crippen LogP contribution in [0.3, 0.4) is 0 Å². The quantitative estimate of drug-likeness (QED) is 0.844. The van der Waals surface area contributed by atoms with Crippen LogP contribution >= 0.6 is 11.8 Å². The van der Waals surface area contributed by atoms with Crippen molar-refractivity contribution in [3.63, 3.8) is 0 Å². The Kier molecular flexibility index (Phi) is 4.48. The van der Waals surface area contributed by atoms with Gasteiger partial charge in [-0.05, 0) is 12.1 Å². The van der Waals surface area contributed by atoms with Crippen molar-refractivity contribution in [2.24, 2.45) is 0 Å². The Morgan fingerprint density at radius 3 is 2.75 bits per heavy atom. The third kappa shape index (κ3) is 3.21. The molecule has 1 aromatic rings. The molecule has 20 heavy (non-hydrogen) atoms. The van der Waals surface area contributed by atoms with E-state index in [-0.39, 0.29) is 5.69 Å². The van der Waals surface area contributed by atoms with Crippen LogP contribution in [-0.2, 0) is 9.84 Å². The molecule has 1 N–H and O–H groups in total. The molecular formula is C11H16N4O3S2. The topological polar surface area (TPSA) is 92.3 Å². The minimum atomic E-state index is -3.32. The van der Waals surface area contributed by atoms with Gasteiger partial charge < -0.3 is 10.2 Å². The van der Waals surface area contributed by atoms with Crippen LogP contribution in [0.5, 0.6) is 0 Å². The van der Waals surface area contributed by atoms with Gasteiger partial charge in [0.25, 0.3) is 5.91 Å². The predicted octanol–water partition coefficient (Wildman–Crippen LogP) is 0.0780. The highest BCUT2D eigenvalue weighted by atomic mass is 32.2. The third-order valence-electron chi connectivity index (χ3n) is 2.98. The van der Waals surface area contributed by atoms with Gasteiger partial charge in [0.05, 0.1) is 0 Å². The summed E-state index contributed by atoms with van der Waals surface area (Å²) in [5, 5.41) is 9.69. The summed E-state index contributed by atoms with van der Waals surface area (Å²) in [6, 6.07) is 3.18. The molecule has 0 aliphatic carbocycles. The summed E-state index contributed by atoms with van der Waals surface area (Å²) in [6.07, 6.45) is 1.15. The van der Waals surface area contributed by atoms with Crippen molar-refractivity contribution in [2.75, 3.05) is 36.7 Å². The average molecular weight is 316 g/mol. The maximum absolute atomic E-state index is 12.4. The first-order valence-electron chi connectivity index (χ1n) is 6.02. The van der Waals surface area contributed by atoms with E-state index < -0.39 is 21.1 Å². The highest BCUT2D eigenvalue weighted by Gasteiger charge is 2.35. The van der Waals surface area contributed by atoms with Gasteiger partial charge in [0.15, 0.2) is 15.5 Å². The smallest absolute Gasteiger partial charge is 0.275 e. The van der Waals surface area contributed by atoms with Crippen LogP contribution in [0, 0.1) is 0 Å². The first-order chi connectivity index (χ1) is 9.43. The van der Waals surface area contributed by atoms with Gasteiger partial charge in [0.1, 0.15) is 11.2 Å². The van der Waals surface area contributed by atoms with E-state index >= 15 is 0 Å². The molecule has 1 saturated heterocycles. The molecular weight excluding hydrogens is 300 g/mol. The van der Waals surface area contributed by atoms with Gasteiger partial charge in [-0.1, -0.05) is 0 Å². The van der Waals surface area contributed by atoms with Crippen LogP contribution in [0.25, 0.3) is 0 Å². The van der Waals surface area contributed by atoms with Crippen molar-refractivity contribution in [3.8, 4) is 0 Å². The van der Waals surface area contributed by atoms with E-state index in [1.807, 2.05) is 0 Å². The Labute approximate surface area is 122 Å². The molecule has 1 unspecified atom stereocenters. The van der Waals surface area contributed by atoms with E-state index in [2.05, 4.69) is 15.5 Å². The molecule has 2 rings (SSSR count). The second kappa shape index (κ2) is 5.96. The molecule has 9 heteroatoms. The number of anilines is 1. The summed E-state index contributed by atoms with van der Waals surface area (Å²) in [7, 11) is -1.62. The molecule has 7 nitrogen and oxygen atoms in total. The van der Waals surface area contributed by atoms with E-state index in [1.165, 1.54) is 16.7 Å².